The Hall–Kier alpha value is -1.20. The van der Waals surface area contributed by atoms with Crippen LogP contribution in [0, 0.1) is 0 Å². The topological polar surface area (TPSA) is 51.2 Å². The number of carbonyl (C=O) groups excluding carboxylic acids is 3. The van der Waals surface area contributed by atoms with Crippen molar-refractivity contribution in [3.8, 4) is 0 Å². The molecule has 0 bridgehead atoms. The van der Waals surface area contributed by atoms with Gasteiger partial charge in [0.05, 0.1) is 0 Å². The van der Waals surface area contributed by atoms with E-state index in [0.717, 1.165) is 0 Å². The van der Waals surface area contributed by atoms with E-state index in [4.69, 9.17) is 0 Å². The van der Waals surface area contributed by atoms with Gasteiger partial charge >= 0.3 is 159 Å². The van der Waals surface area contributed by atoms with Crippen LogP contribution in [0.4, 0.5) is 0 Å². The quantitative estimate of drug-likeness (QED) is 0.294. The molecule has 3 rings (SSSR count). The number of Topliss-reactive ketones (excluding diaryl/α,β-unsaturated/α-hetero) is 3. The van der Waals surface area contributed by atoms with Gasteiger partial charge in [0.25, 0.3) is 0 Å². The molecule has 3 aromatic rings. The predicted molar refractivity (Wildman–Crippen MR) is 101 cm³/mol. The fraction of sp³-hybridized carbons (Fsp3) is 0.0588. The molecule has 0 saturated heterocycles. The molecule has 24 heavy (non-hydrogen) atoms. The average molecular weight is 485 g/mol. The van der Waals surface area contributed by atoms with E-state index in [1.165, 1.54) is 22.7 Å². The summed E-state index contributed by atoms with van der Waals surface area (Å²) in [5.41, 5.74) is 0. The molecule has 0 N–H and O–H groups in total. The van der Waals surface area contributed by atoms with Crippen LogP contribution < -0.4 is 0 Å². The normalized spacial score (nSPS) is 11.4. The second-order valence-corrected chi connectivity index (χ2v) is 10.6. The van der Waals surface area contributed by atoms with E-state index in [0.29, 0.717) is 14.2 Å². The van der Waals surface area contributed by atoms with Gasteiger partial charge in [-0.1, -0.05) is 0 Å². The SMILES string of the molecule is O=C(C[Se]=C(C(=O)c1cccs1)C(=O)c1ccc[se]1)c1cccs1. The average Bonchev–Trinajstić information content (AvgIpc) is 3.37. The van der Waals surface area contributed by atoms with E-state index >= 15 is 0 Å². The van der Waals surface area contributed by atoms with E-state index < -0.39 is 14.5 Å². The Morgan fingerprint density at radius 2 is 1.62 bits per heavy atom. The molecule has 0 aliphatic heterocycles. The van der Waals surface area contributed by atoms with Crippen LogP contribution in [-0.2, 0) is 0 Å². The van der Waals surface area contributed by atoms with Crippen LogP contribution in [0.5, 0.6) is 0 Å². The van der Waals surface area contributed by atoms with Crippen molar-refractivity contribution in [3.05, 3.63) is 66.3 Å². The van der Waals surface area contributed by atoms with Crippen LogP contribution in [-0.4, -0.2) is 50.8 Å². The molecule has 0 atom stereocenters. The monoisotopic (exact) mass is 487 g/mol. The first-order chi connectivity index (χ1) is 11.7. The Morgan fingerprint density at radius 3 is 2.21 bits per heavy atom. The summed E-state index contributed by atoms with van der Waals surface area (Å²) in [6, 6.07) is 10.8. The van der Waals surface area contributed by atoms with Gasteiger partial charge in [0.1, 0.15) is 0 Å². The van der Waals surface area contributed by atoms with Crippen molar-refractivity contribution in [3.63, 3.8) is 0 Å². The molecule has 1 radical (unpaired) electrons. The van der Waals surface area contributed by atoms with Crippen molar-refractivity contribution in [2.24, 2.45) is 0 Å². The zero-order valence-corrected chi connectivity index (χ0v) is 17.3. The molecule has 3 heterocycles. The van der Waals surface area contributed by atoms with Gasteiger partial charge in [-0.25, -0.2) is 0 Å². The summed E-state index contributed by atoms with van der Waals surface area (Å²) >= 11 is 2.22. The van der Waals surface area contributed by atoms with Crippen molar-refractivity contribution in [1.82, 2.24) is 0 Å². The number of rotatable bonds is 7. The molecule has 3 nitrogen and oxygen atoms in total. The molecular formula is C17H11O3S2Se2. The van der Waals surface area contributed by atoms with Gasteiger partial charge in [-0.3, -0.25) is 0 Å². The van der Waals surface area contributed by atoms with E-state index in [-0.39, 0.29) is 41.6 Å². The van der Waals surface area contributed by atoms with Crippen LogP contribution in [0.3, 0.4) is 0 Å². The van der Waals surface area contributed by atoms with Gasteiger partial charge in [0.2, 0.25) is 0 Å². The van der Waals surface area contributed by atoms with Gasteiger partial charge in [0.15, 0.2) is 0 Å². The summed E-state index contributed by atoms with van der Waals surface area (Å²) in [6.07, 6.45) is 0. The molecular weight excluding hydrogens is 474 g/mol. The van der Waals surface area contributed by atoms with Crippen molar-refractivity contribution in [2.75, 3.05) is 0 Å². The molecule has 0 aliphatic carbocycles. The summed E-state index contributed by atoms with van der Waals surface area (Å²) < 4.78 is 0.972. The Morgan fingerprint density at radius 1 is 0.917 bits per heavy atom. The fourth-order valence-electron chi connectivity index (χ4n) is 1.92. The van der Waals surface area contributed by atoms with Crippen LogP contribution >= 0.6 is 22.7 Å². The number of hydrogen-bond acceptors (Lipinski definition) is 5. The number of thiophene rings is 2. The number of ketones is 3. The maximum atomic E-state index is 12.7. The second-order valence-electron chi connectivity index (χ2n) is 4.63. The third-order valence-corrected chi connectivity index (χ3v) is 8.88. The van der Waals surface area contributed by atoms with Gasteiger partial charge in [-0.2, -0.15) is 0 Å². The minimum atomic E-state index is -0.473. The van der Waals surface area contributed by atoms with Crippen LogP contribution in [0.1, 0.15) is 28.6 Å². The zero-order chi connectivity index (χ0) is 16.9. The van der Waals surface area contributed by atoms with Gasteiger partial charge in [0, 0.05) is 0 Å². The molecule has 121 valence electrons. The molecule has 3 aromatic heterocycles. The third kappa shape index (κ3) is 4.06. The van der Waals surface area contributed by atoms with E-state index in [1.807, 2.05) is 27.8 Å². The Bertz CT molecular complexity index is 828. The minimum absolute atomic E-state index is 0.00156. The van der Waals surface area contributed by atoms with Crippen molar-refractivity contribution in [1.29, 1.82) is 0 Å². The first-order valence-corrected chi connectivity index (χ1v) is 12.6. The number of hydrogen-bond donors (Lipinski definition) is 0. The third-order valence-electron chi connectivity index (χ3n) is 3.05. The van der Waals surface area contributed by atoms with Crippen molar-refractivity contribution in [2.45, 2.75) is 5.32 Å². The summed E-state index contributed by atoms with van der Waals surface area (Å²) in [4.78, 5) is 40.9. The summed E-state index contributed by atoms with van der Waals surface area (Å²) in [6.45, 7) is 0. The Balaban J connectivity index is 1.89. The van der Waals surface area contributed by atoms with Gasteiger partial charge < -0.3 is 0 Å². The second kappa shape index (κ2) is 8.25. The summed E-state index contributed by atoms with van der Waals surface area (Å²) in [5, 5.41) is 3.91. The molecule has 0 fully saturated rings. The van der Waals surface area contributed by atoms with Crippen LogP contribution in [0.25, 0.3) is 0 Å². The predicted octanol–water partition coefficient (Wildman–Crippen LogP) is 3.11. The summed E-state index contributed by atoms with van der Waals surface area (Å²) in [7, 11) is 0. The Labute approximate surface area is 158 Å². The van der Waals surface area contributed by atoms with Gasteiger partial charge in [-0.05, 0) is 0 Å². The molecule has 7 heteroatoms. The van der Waals surface area contributed by atoms with Crippen LogP contribution in [0.2, 0.25) is 5.32 Å². The molecule has 0 spiro atoms. The van der Waals surface area contributed by atoms with Gasteiger partial charge in [-0.15, -0.1) is 0 Å². The molecule has 0 aromatic carbocycles. The van der Waals surface area contributed by atoms with Crippen molar-refractivity contribution >= 4 is 73.5 Å². The number of carbonyl (C=O) groups is 3. The molecule has 0 unspecified atom stereocenters. The van der Waals surface area contributed by atoms with E-state index in [9.17, 15) is 14.4 Å². The first-order valence-electron chi connectivity index (χ1n) is 6.89. The molecule has 0 saturated carbocycles. The van der Waals surface area contributed by atoms with Crippen molar-refractivity contribution < 1.29 is 14.4 Å². The zero-order valence-electron chi connectivity index (χ0n) is 12.3. The molecule has 0 aliphatic rings. The fourth-order valence-corrected chi connectivity index (χ4v) is 7.25. The maximum absolute atomic E-state index is 12.7. The Kier molecular flexibility index (Phi) is 6.06. The van der Waals surface area contributed by atoms with E-state index in [1.54, 1.807) is 24.3 Å². The molecule has 0 amide bonds. The standard InChI is InChI=1S/C17H11O3S2Se2/c18-11(12-4-1-7-21-12)10-24-17(15(19)13-5-2-8-22-13)16(20)14-6-3-9-23-14/h1-9H,10H2. The first kappa shape index (κ1) is 17.6. The van der Waals surface area contributed by atoms with E-state index in [2.05, 4.69) is 0 Å². The summed E-state index contributed by atoms with van der Waals surface area (Å²) in [5.74, 6) is -0.409. The van der Waals surface area contributed by atoms with Crippen LogP contribution in [0.15, 0.2) is 52.1 Å².